The minimum atomic E-state index is -0.293. The molecule has 4 nitrogen and oxygen atoms in total. The fraction of sp³-hybridized carbons (Fsp3) is 0.500. The minimum absolute atomic E-state index is 0.000612. The first-order valence-electron chi connectivity index (χ1n) is 6.63. The highest BCUT2D eigenvalue weighted by atomic mass is 35.5. The summed E-state index contributed by atoms with van der Waals surface area (Å²) in [5.41, 5.74) is 1.52. The molecular formula is C14H18Cl2N2O2. The lowest BCUT2D eigenvalue weighted by atomic mass is 9.98. The van der Waals surface area contributed by atoms with Crippen molar-refractivity contribution in [1.82, 2.24) is 0 Å². The fourth-order valence-corrected chi connectivity index (χ4v) is 2.62. The number of rotatable bonds is 4. The molecule has 1 unspecified atom stereocenters. The minimum Gasteiger partial charge on any atom is -0.396 e. The van der Waals surface area contributed by atoms with Crippen LogP contribution in [0.3, 0.4) is 0 Å². The molecule has 1 atom stereocenters. The predicted molar refractivity (Wildman–Crippen MR) is 82.8 cm³/mol. The maximum atomic E-state index is 12.5. The van der Waals surface area contributed by atoms with Gasteiger partial charge >= 0.3 is 0 Å². The standard InChI is InChI=1S/C14H18Cl2N2O2/c1-8(2)13-14(20)18(4-3-5-19)12-7-10(16)9(15)6-11(12)17-13/h6-8,13,17,19H,3-5H2,1-2H3. The van der Waals surface area contributed by atoms with Gasteiger partial charge in [-0.25, -0.2) is 0 Å². The molecule has 1 aromatic rings. The maximum Gasteiger partial charge on any atom is 0.249 e. The van der Waals surface area contributed by atoms with E-state index >= 15 is 0 Å². The molecular weight excluding hydrogens is 299 g/mol. The van der Waals surface area contributed by atoms with Crippen molar-refractivity contribution in [2.45, 2.75) is 26.3 Å². The van der Waals surface area contributed by atoms with E-state index in [1.165, 1.54) is 0 Å². The van der Waals surface area contributed by atoms with E-state index in [2.05, 4.69) is 5.32 Å². The van der Waals surface area contributed by atoms with E-state index in [4.69, 9.17) is 28.3 Å². The maximum absolute atomic E-state index is 12.5. The van der Waals surface area contributed by atoms with Gasteiger partial charge in [-0.1, -0.05) is 37.0 Å². The van der Waals surface area contributed by atoms with Crippen molar-refractivity contribution < 1.29 is 9.90 Å². The normalized spacial score (nSPS) is 18.2. The number of anilines is 2. The van der Waals surface area contributed by atoms with Crippen LogP contribution in [0.4, 0.5) is 11.4 Å². The SMILES string of the molecule is CC(C)C1Nc2cc(Cl)c(Cl)cc2N(CCCO)C1=O. The molecule has 0 bridgehead atoms. The first kappa shape index (κ1) is 15.4. The summed E-state index contributed by atoms with van der Waals surface area (Å²) in [5.74, 6) is 0.154. The number of benzene rings is 1. The molecule has 1 amide bonds. The van der Waals surface area contributed by atoms with E-state index in [-0.39, 0.29) is 24.5 Å². The molecule has 1 heterocycles. The van der Waals surface area contributed by atoms with Crippen LogP contribution in [0.2, 0.25) is 10.0 Å². The van der Waals surface area contributed by atoms with E-state index in [0.29, 0.717) is 23.0 Å². The van der Waals surface area contributed by atoms with Crippen LogP contribution in [0.1, 0.15) is 20.3 Å². The lowest BCUT2D eigenvalue weighted by Gasteiger charge is -2.37. The van der Waals surface area contributed by atoms with Crippen LogP contribution >= 0.6 is 23.2 Å². The van der Waals surface area contributed by atoms with Gasteiger partial charge in [-0.15, -0.1) is 0 Å². The van der Waals surface area contributed by atoms with Crippen LogP contribution in [0.25, 0.3) is 0 Å². The Bertz CT molecular complexity index is 520. The molecule has 20 heavy (non-hydrogen) atoms. The van der Waals surface area contributed by atoms with Crippen LogP contribution in [0.15, 0.2) is 12.1 Å². The first-order valence-corrected chi connectivity index (χ1v) is 7.39. The number of carbonyl (C=O) groups excluding carboxylic acids is 1. The number of nitrogens with zero attached hydrogens (tertiary/aromatic N) is 1. The van der Waals surface area contributed by atoms with Gasteiger partial charge in [0, 0.05) is 13.2 Å². The average Bonchev–Trinajstić information content (AvgIpc) is 2.39. The summed E-state index contributed by atoms with van der Waals surface area (Å²) in [6, 6.07) is 3.14. The van der Waals surface area contributed by atoms with Gasteiger partial charge < -0.3 is 15.3 Å². The van der Waals surface area contributed by atoms with Crippen LogP contribution in [0, 0.1) is 5.92 Å². The van der Waals surface area contributed by atoms with Crippen molar-refractivity contribution in [2.75, 3.05) is 23.4 Å². The summed E-state index contributed by atoms with van der Waals surface area (Å²) in [7, 11) is 0. The Morgan fingerprint density at radius 1 is 1.35 bits per heavy atom. The number of aliphatic hydroxyl groups is 1. The third-order valence-corrected chi connectivity index (χ3v) is 4.10. The van der Waals surface area contributed by atoms with Gasteiger partial charge in [0.2, 0.25) is 5.91 Å². The topological polar surface area (TPSA) is 52.6 Å². The summed E-state index contributed by atoms with van der Waals surface area (Å²) in [6.07, 6.45) is 0.524. The predicted octanol–water partition coefficient (Wildman–Crippen LogP) is 3.16. The Hall–Kier alpha value is -0.970. The Labute approximate surface area is 128 Å². The molecule has 110 valence electrons. The second-order valence-electron chi connectivity index (χ2n) is 5.22. The first-order chi connectivity index (χ1) is 9.45. The molecule has 1 aliphatic rings. The zero-order valence-electron chi connectivity index (χ0n) is 11.5. The number of hydrogen-bond acceptors (Lipinski definition) is 3. The number of carbonyl (C=O) groups is 1. The van der Waals surface area contributed by atoms with E-state index in [9.17, 15) is 4.79 Å². The van der Waals surface area contributed by atoms with Gasteiger partial charge in [0.1, 0.15) is 6.04 Å². The second kappa shape index (κ2) is 6.20. The molecule has 2 N–H and O–H groups in total. The largest absolute Gasteiger partial charge is 0.396 e. The molecule has 0 aliphatic carbocycles. The lowest BCUT2D eigenvalue weighted by molar-refractivity contribution is -0.120. The molecule has 0 fully saturated rings. The van der Waals surface area contributed by atoms with Crippen LogP contribution < -0.4 is 10.2 Å². The fourth-order valence-electron chi connectivity index (χ4n) is 2.30. The molecule has 1 aliphatic heterocycles. The zero-order chi connectivity index (χ0) is 14.9. The van der Waals surface area contributed by atoms with Crippen molar-refractivity contribution in [3.05, 3.63) is 22.2 Å². The van der Waals surface area contributed by atoms with E-state index < -0.39 is 0 Å². The van der Waals surface area contributed by atoms with Crippen LogP contribution in [-0.4, -0.2) is 30.2 Å². The van der Waals surface area contributed by atoms with Gasteiger partial charge in [-0.05, 0) is 24.5 Å². The van der Waals surface area contributed by atoms with Gasteiger partial charge in [0.25, 0.3) is 0 Å². The monoisotopic (exact) mass is 316 g/mol. The molecule has 6 heteroatoms. The number of hydrogen-bond donors (Lipinski definition) is 2. The van der Waals surface area contributed by atoms with Gasteiger partial charge in [0.15, 0.2) is 0 Å². The van der Waals surface area contributed by atoms with Crippen molar-refractivity contribution in [3.63, 3.8) is 0 Å². The van der Waals surface area contributed by atoms with E-state index in [1.807, 2.05) is 13.8 Å². The summed E-state index contributed by atoms with van der Waals surface area (Å²) in [5, 5.41) is 13.1. The van der Waals surface area contributed by atoms with E-state index in [0.717, 1.165) is 11.4 Å². The molecule has 0 radical (unpaired) electrons. The van der Waals surface area contributed by atoms with Crippen LogP contribution in [0.5, 0.6) is 0 Å². The number of amides is 1. The smallest absolute Gasteiger partial charge is 0.249 e. The number of nitrogens with one attached hydrogen (secondary N) is 1. The Balaban J connectivity index is 2.44. The van der Waals surface area contributed by atoms with Crippen LogP contribution in [-0.2, 0) is 4.79 Å². The highest BCUT2D eigenvalue weighted by molar-refractivity contribution is 6.42. The number of halogens is 2. The quantitative estimate of drug-likeness (QED) is 0.897. The third-order valence-electron chi connectivity index (χ3n) is 3.38. The van der Waals surface area contributed by atoms with Crippen molar-refractivity contribution >= 4 is 40.5 Å². The van der Waals surface area contributed by atoms with Crippen molar-refractivity contribution in [1.29, 1.82) is 0 Å². The Kier molecular flexibility index (Phi) is 4.78. The summed E-state index contributed by atoms with van der Waals surface area (Å²) >= 11 is 12.1. The van der Waals surface area contributed by atoms with Gasteiger partial charge in [-0.3, -0.25) is 4.79 Å². The average molecular weight is 317 g/mol. The molecule has 0 aromatic heterocycles. The Morgan fingerprint density at radius 2 is 2.00 bits per heavy atom. The van der Waals surface area contributed by atoms with Gasteiger partial charge in [-0.2, -0.15) is 0 Å². The van der Waals surface area contributed by atoms with Gasteiger partial charge in [0.05, 0.1) is 21.4 Å². The van der Waals surface area contributed by atoms with Crippen molar-refractivity contribution in [2.24, 2.45) is 5.92 Å². The zero-order valence-corrected chi connectivity index (χ0v) is 13.0. The summed E-state index contributed by atoms with van der Waals surface area (Å²) in [6.45, 7) is 4.48. The van der Waals surface area contributed by atoms with Crippen molar-refractivity contribution in [3.8, 4) is 0 Å². The third kappa shape index (κ3) is 2.87. The number of aliphatic hydroxyl groups excluding tert-OH is 1. The highest BCUT2D eigenvalue weighted by Gasteiger charge is 2.34. The molecule has 0 spiro atoms. The Morgan fingerprint density at radius 3 is 2.60 bits per heavy atom. The highest BCUT2D eigenvalue weighted by Crippen LogP contribution is 2.39. The number of fused-ring (bicyclic) bond motifs is 1. The molecule has 0 saturated heterocycles. The summed E-state index contributed by atoms with van der Waals surface area (Å²) < 4.78 is 0. The second-order valence-corrected chi connectivity index (χ2v) is 6.03. The molecule has 1 aromatic carbocycles. The molecule has 2 rings (SSSR count). The summed E-state index contributed by atoms with van der Waals surface area (Å²) in [4.78, 5) is 14.2. The lowest BCUT2D eigenvalue weighted by Crippen LogP contribution is -2.50. The van der Waals surface area contributed by atoms with E-state index in [1.54, 1.807) is 17.0 Å². The molecule has 0 saturated carbocycles.